The van der Waals surface area contributed by atoms with E-state index in [2.05, 4.69) is 54.5 Å². The number of rotatable bonds is 8. The highest BCUT2D eigenvalue weighted by molar-refractivity contribution is 5.89. The number of hydrogen-bond acceptors (Lipinski definition) is 3. The van der Waals surface area contributed by atoms with E-state index in [1.165, 1.54) is 25.7 Å². The van der Waals surface area contributed by atoms with Gasteiger partial charge in [0.2, 0.25) is 0 Å². The van der Waals surface area contributed by atoms with Gasteiger partial charge in [0.15, 0.2) is 0 Å². The zero-order chi connectivity index (χ0) is 28.9. The smallest absolute Gasteiger partial charge is 0.338 e. The minimum absolute atomic E-state index is 0.103. The summed E-state index contributed by atoms with van der Waals surface area (Å²) in [5.74, 6) is 3.88. The molecule has 1 aromatic carbocycles. The van der Waals surface area contributed by atoms with Crippen LogP contribution < -0.4 is 0 Å². The highest BCUT2D eigenvalue weighted by atomic mass is 16.5. The summed E-state index contributed by atoms with van der Waals surface area (Å²) in [4.78, 5) is 13.7. The fourth-order valence-electron chi connectivity index (χ4n) is 10.1. The second-order valence-electron chi connectivity index (χ2n) is 15.3. The summed E-state index contributed by atoms with van der Waals surface area (Å²) >= 11 is 0. The van der Waals surface area contributed by atoms with E-state index in [0.717, 1.165) is 43.9 Å². The molecule has 3 heteroatoms. The minimum atomic E-state index is -0.155. The molecule has 0 amide bonds. The van der Waals surface area contributed by atoms with Gasteiger partial charge in [-0.1, -0.05) is 91.2 Å². The molecule has 1 aromatic rings. The summed E-state index contributed by atoms with van der Waals surface area (Å²) in [7, 11) is 1.87. The Balaban J connectivity index is 1.50. The van der Waals surface area contributed by atoms with Crippen LogP contribution in [0.2, 0.25) is 0 Å². The molecule has 0 bridgehead atoms. The molecule has 222 valence electrons. The van der Waals surface area contributed by atoms with Crippen molar-refractivity contribution in [1.82, 2.24) is 0 Å². The molecule has 0 saturated heterocycles. The Hall–Kier alpha value is -1.61. The molecule has 40 heavy (non-hydrogen) atoms. The number of benzene rings is 1. The first-order valence-electron chi connectivity index (χ1n) is 16.4. The fraction of sp³-hybridized carbons (Fsp3) is 0.757. The predicted molar refractivity (Wildman–Crippen MR) is 164 cm³/mol. The minimum Gasteiger partial charge on any atom is -0.458 e. The first kappa shape index (κ1) is 29.9. The summed E-state index contributed by atoms with van der Waals surface area (Å²) < 4.78 is 12.6. The third-order valence-electron chi connectivity index (χ3n) is 13.4. The van der Waals surface area contributed by atoms with Gasteiger partial charge < -0.3 is 9.47 Å². The molecule has 0 unspecified atom stereocenters. The van der Waals surface area contributed by atoms with Crippen LogP contribution in [0.15, 0.2) is 42.0 Å². The van der Waals surface area contributed by atoms with E-state index in [-0.39, 0.29) is 28.3 Å². The zero-order valence-electron chi connectivity index (χ0n) is 26.7. The quantitative estimate of drug-likeness (QED) is 0.240. The van der Waals surface area contributed by atoms with Gasteiger partial charge in [0, 0.05) is 12.5 Å². The van der Waals surface area contributed by atoms with E-state index < -0.39 is 0 Å². The van der Waals surface area contributed by atoms with Crippen LogP contribution in [0.1, 0.15) is 117 Å². The molecular formula is C37H56O3. The fourth-order valence-corrected chi connectivity index (χ4v) is 10.1. The van der Waals surface area contributed by atoms with E-state index in [9.17, 15) is 4.79 Å². The maximum atomic E-state index is 13.7. The Labute approximate surface area is 244 Å². The number of fused-ring (bicyclic) bond motifs is 5. The normalized spacial score (nSPS) is 40.4. The molecule has 10 atom stereocenters. The maximum Gasteiger partial charge on any atom is 0.338 e. The van der Waals surface area contributed by atoms with Crippen LogP contribution in [0.3, 0.4) is 0 Å². The monoisotopic (exact) mass is 548 g/mol. The third-order valence-corrected chi connectivity index (χ3v) is 13.4. The molecule has 4 aliphatic carbocycles. The van der Waals surface area contributed by atoms with E-state index in [0.29, 0.717) is 35.3 Å². The molecule has 0 radical (unpaired) electrons. The number of hydrogen-bond donors (Lipinski definition) is 0. The van der Waals surface area contributed by atoms with Crippen LogP contribution in [0.4, 0.5) is 0 Å². The molecule has 0 N–H and O–H groups in total. The summed E-state index contributed by atoms with van der Waals surface area (Å²) in [6.07, 6.45) is 13.5. The Morgan fingerprint density at radius 2 is 1.73 bits per heavy atom. The van der Waals surface area contributed by atoms with E-state index >= 15 is 0 Å². The number of carbonyl (C=O) groups is 1. The van der Waals surface area contributed by atoms with Crippen molar-refractivity contribution in [2.45, 2.75) is 118 Å². The highest BCUT2D eigenvalue weighted by Gasteiger charge is 2.67. The van der Waals surface area contributed by atoms with E-state index in [1.54, 1.807) is 5.57 Å². The number of allylic oxidation sites excluding steroid dienone is 1. The van der Waals surface area contributed by atoms with Gasteiger partial charge in [0.05, 0.1) is 11.7 Å². The van der Waals surface area contributed by atoms with Gasteiger partial charge in [-0.15, -0.1) is 0 Å². The van der Waals surface area contributed by atoms with Crippen LogP contribution in [-0.4, -0.2) is 25.3 Å². The topological polar surface area (TPSA) is 35.5 Å². The van der Waals surface area contributed by atoms with E-state index in [1.807, 2.05) is 37.4 Å². The van der Waals surface area contributed by atoms with Crippen molar-refractivity contribution in [3.05, 3.63) is 47.5 Å². The molecule has 5 rings (SSSR count). The average Bonchev–Trinajstić information content (AvgIpc) is 3.28. The molecule has 4 aliphatic rings. The molecule has 0 heterocycles. The summed E-state index contributed by atoms with van der Waals surface area (Å²) in [5.41, 5.74) is 2.43. The summed E-state index contributed by atoms with van der Waals surface area (Å²) in [6.45, 7) is 17.2. The van der Waals surface area contributed by atoms with Gasteiger partial charge in [-0.2, -0.15) is 0 Å². The Morgan fingerprint density at radius 1 is 1.00 bits per heavy atom. The standard InChI is InChI=1S/C37H56O3/c1-24(2)25(3)14-15-26(4)30-18-19-31-32-17-16-28-22-29(39-8)20-21-36(28,6)37(32,7)33(23-35(30,31)5)40-34(38)27-12-10-9-11-13-27/h9-13,17,24-26,28-31,33H,14-16,18-23H2,1-8H3/t25-,26+,28-,29+,30-,31-,33+,35+,36+,37+/m0/s1. The lowest BCUT2D eigenvalue weighted by molar-refractivity contribution is -0.157. The van der Waals surface area contributed by atoms with Crippen molar-refractivity contribution in [3.63, 3.8) is 0 Å². The summed E-state index contributed by atoms with van der Waals surface area (Å²) in [5, 5.41) is 0. The van der Waals surface area contributed by atoms with Crippen molar-refractivity contribution in [1.29, 1.82) is 0 Å². The first-order valence-corrected chi connectivity index (χ1v) is 16.4. The molecule has 0 aliphatic heterocycles. The van der Waals surface area contributed by atoms with Gasteiger partial charge in [-0.25, -0.2) is 4.79 Å². The van der Waals surface area contributed by atoms with Crippen molar-refractivity contribution < 1.29 is 14.3 Å². The Bertz CT molecular complexity index is 1080. The van der Waals surface area contributed by atoms with Crippen molar-refractivity contribution >= 4 is 5.97 Å². The summed E-state index contributed by atoms with van der Waals surface area (Å²) in [6, 6.07) is 9.66. The van der Waals surface area contributed by atoms with Gasteiger partial charge >= 0.3 is 5.97 Å². The second kappa shape index (κ2) is 11.2. The Morgan fingerprint density at radius 3 is 2.40 bits per heavy atom. The van der Waals surface area contributed by atoms with Gasteiger partial charge in [0.1, 0.15) is 6.10 Å². The largest absolute Gasteiger partial charge is 0.458 e. The lowest BCUT2D eigenvalue weighted by Gasteiger charge is -2.65. The second-order valence-corrected chi connectivity index (χ2v) is 15.3. The van der Waals surface area contributed by atoms with Crippen LogP contribution in [0.25, 0.3) is 0 Å². The van der Waals surface area contributed by atoms with Crippen LogP contribution in [-0.2, 0) is 9.47 Å². The molecule has 0 aromatic heterocycles. The number of methoxy groups -OCH3 is 1. The number of esters is 1. The lowest BCUT2D eigenvalue weighted by Crippen LogP contribution is -2.62. The molecular weight excluding hydrogens is 492 g/mol. The number of ether oxygens (including phenoxy) is 2. The van der Waals surface area contributed by atoms with Crippen LogP contribution in [0.5, 0.6) is 0 Å². The number of carbonyl (C=O) groups excluding carboxylic acids is 1. The Kier molecular flexibility index (Phi) is 8.39. The van der Waals surface area contributed by atoms with Crippen LogP contribution in [0, 0.1) is 51.8 Å². The van der Waals surface area contributed by atoms with Gasteiger partial charge in [-0.3, -0.25) is 0 Å². The van der Waals surface area contributed by atoms with Gasteiger partial charge in [-0.05, 0) is 103 Å². The molecule has 3 fully saturated rings. The SMILES string of the molecule is CO[C@@H]1CC[C@]2(C)[C@@H](CC=C3[C@@H]4CC[C@@H]([C@H](C)CC[C@H](C)C(C)C)[C@@]4(C)C[C@@H](OC(=O)c4ccccc4)[C@@]32C)C1. The predicted octanol–water partition coefficient (Wildman–Crippen LogP) is 9.51. The first-order chi connectivity index (χ1) is 19.0. The van der Waals surface area contributed by atoms with Crippen molar-refractivity contribution in [3.8, 4) is 0 Å². The maximum absolute atomic E-state index is 13.7. The van der Waals surface area contributed by atoms with Crippen LogP contribution >= 0.6 is 0 Å². The van der Waals surface area contributed by atoms with Crippen molar-refractivity contribution in [2.24, 2.45) is 51.8 Å². The van der Waals surface area contributed by atoms with Gasteiger partial charge in [0.25, 0.3) is 0 Å². The third kappa shape index (κ3) is 4.81. The highest BCUT2D eigenvalue weighted by Crippen LogP contribution is 2.72. The molecule has 3 nitrogen and oxygen atoms in total. The average molecular weight is 549 g/mol. The molecule has 3 saturated carbocycles. The molecule has 0 spiro atoms. The lowest BCUT2D eigenvalue weighted by atomic mass is 9.40. The zero-order valence-corrected chi connectivity index (χ0v) is 26.7. The van der Waals surface area contributed by atoms with Crippen molar-refractivity contribution in [2.75, 3.05) is 7.11 Å². The van der Waals surface area contributed by atoms with E-state index in [4.69, 9.17) is 9.47 Å².